The summed E-state index contributed by atoms with van der Waals surface area (Å²) in [5, 5.41) is 6.61. The minimum atomic E-state index is -0.292. The molecule has 3 rings (SSSR count). The second kappa shape index (κ2) is 11.1. The van der Waals surface area contributed by atoms with Crippen LogP contribution >= 0.6 is 11.3 Å². The third-order valence-corrected chi connectivity index (χ3v) is 5.18. The fourth-order valence-electron chi connectivity index (χ4n) is 2.77. The molecule has 1 aromatic heterocycles. The van der Waals surface area contributed by atoms with Crippen LogP contribution in [0.4, 0.5) is 5.13 Å². The summed E-state index contributed by atoms with van der Waals surface area (Å²) in [5.41, 5.74) is 6.68. The molecule has 0 spiro atoms. The third-order valence-electron chi connectivity index (χ3n) is 4.39. The molecule has 7 nitrogen and oxygen atoms in total. The van der Waals surface area contributed by atoms with Gasteiger partial charge in [0.2, 0.25) is 5.13 Å². The van der Waals surface area contributed by atoms with Crippen LogP contribution in [0.3, 0.4) is 0 Å². The Kier molecular flexibility index (Phi) is 8.00. The number of aromatic nitrogens is 1. The van der Waals surface area contributed by atoms with Crippen molar-refractivity contribution in [1.29, 1.82) is 0 Å². The molecule has 0 fully saturated rings. The van der Waals surface area contributed by atoms with Crippen molar-refractivity contribution in [2.45, 2.75) is 26.9 Å². The molecule has 1 heterocycles. The van der Waals surface area contributed by atoms with Crippen molar-refractivity contribution < 1.29 is 19.0 Å². The Hall–Kier alpha value is -3.39. The molecule has 2 aromatic carbocycles. The first-order chi connectivity index (χ1) is 15.1. The van der Waals surface area contributed by atoms with Crippen molar-refractivity contribution in [1.82, 2.24) is 4.98 Å². The quantitative estimate of drug-likeness (QED) is 0.283. The molecular weight excluding hydrogens is 414 g/mol. The number of nitrogens with zero attached hydrogens (tertiary/aromatic N) is 2. The number of ether oxygens (including phenoxy) is 3. The Morgan fingerprint density at radius 1 is 1.23 bits per heavy atom. The van der Waals surface area contributed by atoms with Gasteiger partial charge in [0.25, 0.3) is 0 Å². The summed E-state index contributed by atoms with van der Waals surface area (Å²) < 4.78 is 16.3. The largest absolute Gasteiger partial charge is 0.493 e. The molecule has 0 amide bonds. The van der Waals surface area contributed by atoms with Gasteiger partial charge < -0.3 is 14.2 Å². The van der Waals surface area contributed by atoms with Crippen LogP contribution in [-0.2, 0) is 22.6 Å². The maximum Gasteiger partial charge on any atom is 0.311 e. The van der Waals surface area contributed by atoms with E-state index in [-0.39, 0.29) is 12.4 Å². The van der Waals surface area contributed by atoms with Gasteiger partial charge in [0.15, 0.2) is 11.5 Å². The third kappa shape index (κ3) is 6.55. The fraction of sp³-hybridized carbons (Fsp3) is 0.261. The van der Waals surface area contributed by atoms with Gasteiger partial charge in [0, 0.05) is 5.38 Å². The lowest BCUT2D eigenvalue weighted by atomic mass is 10.1. The lowest BCUT2D eigenvalue weighted by Crippen LogP contribution is -2.07. The van der Waals surface area contributed by atoms with E-state index in [2.05, 4.69) is 28.5 Å². The molecule has 8 heteroatoms. The van der Waals surface area contributed by atoms with Gasteiger partial charge >= 0.3 is 5.97 Å². The van der Waals surface area contributed by atoms with E-state index in [0.717, 1.165) is 11.1 Å². The highest BCUT2D eigenvalue weighted by atomic mass is 32.1. The van der Waals surface area contributed by atoms with Gasteiger partial charge in [-0.1, -0.05) is 24.3 Å². The lowest BCUT2D eigenvalue weighted by molar-refractivity contribution is -0.142. The number of carbonyl (C=O) groups excluding carboxylic acids is 1. The number of hydrazone groups is 1. The van der Waals surface area contributed by atoms with Crippen LogP contribution in [-0.4, -0.2) is 30.9 Å². The molecule has 0 saturated carbocycles. The average Bonchev–Trinajstić information content (AvgIpc) is 3.20. The zero-order chi connectivity index (χ0) is 22.1. The first-order valence-corrected chi connectivity index (χ1v) is 10.7. The van der Waals surface area contributed by atoms with Crippen molar-refractivity contribution in [2.24, 2.45) is 5.10 Å². The Balaban J connectivity index is 1.58. The number of hydrogen-bond acceptors (Lipinski definition) is 8. The van der Waals surface area contributed by atoms with Gasteiger partial charge in [0.05, 0.1) is 32.0 Å². The van der Waals surface area contributed by atoms with Crippen molar-refractivity contribution in [3.63, 3.8) is 0 Å². The predicted molar refractivity (Wildman–Crippen MR) is 122 cm³/mol. The standard InChI is InChI=1S/C23H25N3O4S/c1-4-29-22(27)12-19-15-31-23(25-19)26-24-13-17-9-10-20(21(11-17)28-3)30-14-18-8-6-5-7-16(18)2/h5-11,13,15H,4,12,14H2,1-3H3,(H,25,26). The van der Waals surface area contributed by atoms with E-state index >= 15 is 0 Å². The van der Waals surface area contributed by atoms with Gasteiger partial charge in [0.1, 0.15) is 6.61 Å². The predicted octanol–water partition coefficient (Wildman–Crippen LogP) is 4.59. The lowest BCUT2D eigenvalue weighted by Gasteiger charge is -2.12. The Bertz CT molecular complexity index is 1050. The molecule has 162 valence electrons. The number of anilines is 1. The van der Waals surface area contributed by atoms with Crippen molar-refractivity contribution in [3.8, 4) is 11.5 Å². The molecular formula is C23H25N3O4S. The Morgan fingerprint density at radius 2 is 2.06 bits per heavy atom. The summed E-state index contributed by atoms with van der Waals surface area (Å²) in [6, 6.07) is 13.7. The van der Waals surface area contributed by atoms with Gasteiger partial charge in [-0.25, -0.2) is 4.98 Å². The van der Waals surface area contributed by atoms with Crippen LogP contribution in [0, 0.1) is 6.92 Å². The number of nitrogens with one attached hydrogen (secondary N) is 1. The second-order valence-corrected chi connectivity index (χ2v) is 7.48. The first kappa shape index (κ1) is 22.3. The monoisotopic (exact) mass is 439 g/mol. The molecule has 0 radical (unpaired) electrons. The molecule has 0 aliphatic heterocycles. The maximum atomic E-state index is 11.5. The maximum absolute atomic E-state index is 11.5. The van der Waals surface area contributed by atoms with E-state index in [1.165, 1.54) is 16.9 Å². The van der Waals surface area contributed by atoms with E-state index in [0.29, 0.717) is 35.5 Å². The van der Waals surface area contributed by atoms with E-state index in [1.54, 1.807) is 25.6 Å². The summed E-state index contributed by atoms with van der Waals surface area (Å²) in [6.45, 7) is 4.66. The highest BCUT2D eigenvalue weighted by molar-refractivity contribution is 7.13. The van der Waals surface area contributed by atoms with Gasteiger partial charge in [-0.15, -0.1) is 11.3 Å². The van der Waals surface area contributed by atoms with Gasteiger partial charge in [-0.3, -0.25) is 10.2 Å². The van der Waals surface area contributed by atoms with Gasteiger partial charge in [-0.05, 0) is 48.7 Å². The summed E-state index contributed by atoms with van der Waals surface area (Å²) in [5.74, 6) is 1.00. The molecule has 31 heavy (non-hydrogen) atoms. The number of benzene rings is 2. The van der Waals surface area contributed by atoms with Crippen molar-refractivity contribution >= 4 is 28.7 Å². The van der Waals surface area contributed by atoms with Crippen LogP contribution in [0.2, 0.25) is 0 Å². The number of thiazole rings is 1. The molecule has 0 aliphatic rings. The molecule has 3 aromatic rings. The normalized spacial score (nSPS) is 10.8. The van der Waals surface area contributed by atoms with E-state index in [1.807, 2.05) is 36.4 Å². The number of methoxy groups -OCH3 is 1. The number of esters is 1. The van der Waals surface area contributed by atoms with Crippen LogP contribution in [0.25, 0.3) is 0 Å². The van der Waals surface area contributed by atoms with Crippen molar-refractivity contribution in [3.05, 3.63) is 70.2 Å². The number of aryl methyl sites for hydroxylation is 1. The summed E-state index contributed by atoms with van der Waals surface area (Å²) in [6.07, 6.45) is 1.82. The second-order valence-electron chi connectivity index (χ2n) is 6.62. The zero-order valence-corrected chi connectivity index (χ0v) is 18.6. The Labute approximate surface area is 185 Å². The fourth-order valence-corrected chi connectivity index (χ4v) is 3.43. The van der Waals surface area contributed by atoms with Crippen LogP contribution in [0.5, 0.6) is 11.5 Å². The summed E-state index contributed by atoms with van der Waals surface area (Å²) in [4.78, 5) is 15.8. The topological polar surface area (TPSA) is 82.0 Å². The molecule has 0 bridgehead atoms. The SMILES string of the molecule is CCOC(=O)Cc1csc(NN=Cc2ccc(OCc3ccccc3C)c(OC)c2)n1. The minimum absolute atomic E-state index is 0.150. The van der Waals surface area contributed by atoms with Crippen LogP contribution in [0.1, 0.15) is 29.3 Å². The molecule has 1 N–H and O–H groups in total. The van der Waals surface area contributed by atoms with E-state index in [9.17, 15) is 4.79 Å². The molecule has 0 aliphatic carbocycles. The highest BCUT2D eigenvalue weighted by Crippen LogP contribution is 2.28. The molecule has 0 saturated heterocycles. The summed E-state index contributed by atoms with van der Waals surface area (Å²) in [7, 11) is 1.61. The van der Waals surface area contributed by atoms with Gasteiger partial charge in [-0.2, -0.15) is 5.10 Å². The highest BCUT2D eigenvalue weighted by Gasteiger charge is 2.09. The first-order valence-electron chi connectivity index (χ1n) is 9.83. The van der Waals surface area contributed by atoms with E-state index < -0.39 is 0 Å². The minimum Gasteiger partial charge on any atom is -0.493 e. The molecule has 0 unspecified atom stereocenters. The number of carbonyl (C=O) groups is 1. The number of rotatable bonds is 10. The number of hydrogen-bond donors (Lipinski definition) is 1. The van der Waals surface area contributed by atoms with Crippen LogP contribution < -0.4 is 14.9 Å². The average molecular weight is 440 g/mol. The smallest absolute Gasteiger partial charge is 0.311 e. The van der Waals surface area contributed by atoms with Crippen LogP contribution in [0.15, 0.2) is 52.9 Å². The zero-order valence-electron chi connectivity index (χ0n) is 17.8. The summed E-state index contributed by atoms with van der Waals surface area (Å²) >= 11 is 1.37. The Morgan fingerprint density at radius 3 is 2.84 bits per heavy atom. The molecule has 0 atom stereocenters. The van der Waals surface area contributed by atoms with Crippen molar-refractivity contribution in [2.75, 3.05) is 19.1 Å². The van der Waals surface area contributed by atoms with E-state index in [4.69, 9.17) is 14.2 Å².